The van der Waals surface area contributed by atoms with Crippen LogP contribution in [-0.2, 0) is 11.3 Å². The van der Waals surface area contributed by atoms with E-state index in [0.717, 1.165) is 0 Å². The first kappa shape index (κ1) is 20.7. The molecule has 2 amide bonds. The van der Waals surface area contributed by atoms with Gasteiger partial charge in [-0.05, 0) is 33.8 Å². The Balaban J connectivity index is 1.92. The first-order chi connectivity index (χ1) is 13.7. The van der Waals surface area contributed by atoms with Crippen LogP contribution in [0.3, 0.4) is 0 Å². The number of carbonyl (C=O) groups excluding carboxylic acids is 2. The van der Waals surface area contributed by atoms with E-state index in [1.54, 1.807) is 30.5 Å². The SMILES string of the molecule is CCn1cc(C(=O)N[C@@H](C)C(=O)NC(C)(C)CO)c(=O)c2cc3c(cc21)OCO3. The first-order valence-corrected chi connectivity index (χ1v) is 9.37. The third kappa shape index (κ3) is 4.04. The van der Waals surface area contributed by atoms with Gasteiger partial charge in [-0.3, -0.25) is 14.4 Å². The molecule has 1 aromatic heterocycles. The number of aromatic nitrogens is 1. The molecule has 9 heteroatoms. The Hall–Kier alpha value is -3.07. The number of benzene rings is 1. The van der Waals surface area contributed by atoms with Crippen LogP contribution in [0.5, 0.6) is 11.5 Å². The fourth-order valence-corrected chi connectivity index (χ4v) is 3.02. The number of amides is 2. The number of hydrogen-bond donors (Lipinski definition) is 3. The molecule has 0 radical (unpaired) electrons. The molecule has 0 unspecified atom stereocenters. The number of fused-ring (bicyclic) bond motifs is 2. The molecule has 0 saturated carbocycles. The summed E-state index contributed by atoms with van der Waals surface area (Å²) in [5, 5.41) is 14.8. The van der Waals surface area contributed by atoms with Crippen LogP contribution in [0.1, 0.15) is 38.1 Å². The summed E-state index contributed by atoms with van der Waals surface area (Å²) in [5.41, 5.74) is -0.715. The zero-order chi connectivity index (χ0) is 21.3. The van der Waals surface area contributed by atoms with E-state index in [1.807, 2.05) is 6.92 Å². The van der Waals surface area contributed by atoms with E-state index >= 15 is 0 Å². The molecule has 9 nitrogen and oxygen atoms in total. The van der Waals surface area contributed by atoms with Crippen molar-refractivity contribution in [2.75, 3.05) is 13.4 Å². The highest BCUT2D eigenvalue weighted by molar-refractivity contribution is 6.00. The highest BCUT2D eigenvalue weighted by Gasteiger charge is 2.26. The lowest BCUT2D eigenvalue weighted by molar-refractivity contribution is -0.124. The average Bonchev–Trinajstić information content (AvgIpc) is 3.14. The van der Waals surface area contributed by atoms with Crippen LogP contribution in [0.25, 0.3) is 10.9 Å². The van der Waals surface area contributed by atoms with Crippen molar-refractivity contribution in [2.45, 2.75) is 45.8 Å². The summed E-state index contributed by atoms with van der Waals surface area (Å²) in [6.07, 6.45) is 1.48. The van der Waals surface area contributed by atoms with E-state index in [1.165, 1.54) is 13.1 Å². The number of aliphatic hydroxyl groups excluding tert-OH is 1. The molecule has 29 heavy (non-hydrogen) atoms. The smallest absolute Gasteiger partial charge is 0.257 e. The lowest BCUT2D eigenvalue weighted by atomic mass is 10.1. The molecule has 0 spiro atoms. The van der Waals surface area contributed by atoms with Gasteiger partial charge in [0.25, 0.3) is 5.91 Å². The molecule has 3 N–H and O–H groups in total. The topological polar surface area (TPSA) is 119 Å². The zero-order valence-corrected chi connectivity index (χ0v) is 16.9. The molecule has 0 saturated heterocycles. The van der Waals surface area contributed by atoms with E-state index in [-0.39, 0.29) is 19.0 Å². The maximum Gasteiger partial charge on any atom is 0.257 e. The molecule has 2 aromatic rings. The van der Waals surface area contributed by atoms with Crippen molar-refractivity contribution >= 4 is 22.7 Å². The summed E-state index contributed by atoms with van der Waals surface area (Å²) in [6.45, 7) is 7.08. The van der Waals surface area contributed by atoms with Crippen molar-refractivity contribution in [1.29, 1.82) is 0 Å². The maximum absolute atomic E-state index is 13.0. The van der Waals surface area contributed by atoms with Crippen LogP contribution in [0.2, 0.25) is 0 Å². The second-order valence-corrected chi connectivity index (χ2v) is 7.61. The molecule has 1 aromatic carbocycles. The van der Waals surface area contributed by atoms with Gasteiger partial charge in [0.05, 0.1) is 23.0 Å². The number of ether oxygens (including phenoxy) is 2. The normalized spacial score (nSPS) is 14.0. The summed E-state index contributed by atoms with van der Waals surface area (Å²) in [5.74, 6) is -0.111. The summed E-state index contributed by atoms with van der Waals surface area (Å²) < 4.78 is 12.5. The summed E-state index contributed by atoms with van der Waals surface area (Å²) in [7, 11) is 0. The fourth-order valence-electron chi connectivity index (χ4n) is 3.02. The quantitative estimate of drug-likeness (QED) is 0.655. The first-order valence-electron chi connectivity index (χ1n) is 9.37. The van der Waals surface area contributed by atoms with Crippen LogP contribution in [0.4, 0.5) is 0 Å². The number of nitrogens with zero attached hydrogens (tertiary/aromatic N) is 1. The van der Waals surface area contributed by atoms with Crippen molar-refractivity contribution in [3.8, 4) is 11.5 Å². The number of aliphatic hydroxyl groups is 1. The molecule has 2 heterocycles. The Morgan fingerprint density at radius 1 is 1.28 bits per heavy atom. The second kappa shape index (κ2) is 7.75. The molecular weight excluding hydrogens is 378 g/mol. The van der Waals surface area contributed by atoms with Crippen LogP contribution in [-0.4, -0.2) is 46.5 Å². The van der Waals surface area contributed by atoms with Crippen molar-refractivity contribution in [1.82, 2.24) is 15.2 Å². The molecule has 156 valence electrons. The highest BCUT2D eigenvalue weighted by Crippen LogP contribution is 2.35. The Kier molecular flexibility index (Phi) is 5.52. The number of carbonyl (C=O) groups is 2. The van der Waals surface area contributed by atoms with Gasteiger partial charge in [-0.25, -0.2) is 0 Å². The van der Waals surface area contributed by atoms with E-state index in [0.29, 0.717) is 28.9 Å². The van der Waals surface area contributed by atoms with Gasteiger partial charge in [0.1, 0.15) is 11.6 Å². The van der Waals surface area contributed by atoms with E-state index < -0.39 is 28.8 Å². The predicted octanol–water partition coefficient (Wildman–Crippen LogP) is 0.755. The van der Waals surface area contributed by atoms with Crippen molar-refractivity contribution < 1.29 is 24.2 Å². The van der Waals surface area contributed by atoms with Crippen LogP contribution in [0.15, 0.2) is 23.1 Å². The number of nitrogens with one attached hydrogen (secondary N) is 2. The standard InChI is InChI=1S/C20H25N3O6/c1-5-23-8-13(19(27)21-11(2)18(26)22-20(3,4)9-24)17(25)12-6-15-16(7-14(12)23)29-10-28-15/h6-8,11,24H,5,9-10H2,1-4H3,(H,21,27)(H,22,26)/t11-/m0/s1. The molecular formula is C20H25N3O6. The summed E-state index contributed by atoms with van der Waals surface area (Å²) >= 11 is 0. The van der Waals surface area contributed by atoms with Crippen LogP contribution < -0.4 is 25.5 Å². The molecule has 1 aliphatic rings. The summed E-state index contributed by atoms with van der Waals surface area (Å²) in [6, 6.07) is 2.40. The zero-order valence-electron chi connectivity index (χ0n) is 16.9. The average molecular weight is 403 g/mol. The minimum Gasteiger partial charge on any atom is -0.454 e. The fraction of sp³-hybridized carbons (Fsp3) is 0.450. The molecule has 3 rings (SSSR count). The molecule has 1 atom stereocenters. The third-order valence-corrected chi connectivity index (χ3v) is 4.76. The lowest BCUT2D eigenvalue weighted by Crippen LogP contribution is -2.53. The Bertz CT molecular complexity index is 1030. The molecule has 0 bridgehead atoms. The van der Waals surface area contributed by atoms with Gasteiger partial charge < -0.3 is 29.8 Å². The van der Waals surface area contributed by atoms with Crippen molar-refractivity contribution in [3.63, 3.8) is 0 Å². The Labute approximate surface area is 167 Å². The molecule has 1 aliphatic heterocycles. The van der Waals surface area contributed by atoms with Crippen LogP contribution in [0, 0.1) is 0 Å². The molecule has 0 aliphatic carbocycles. The number of aryl methyl sites for hydroxylation is 1. The Morgan fingerprint density at radius 3 is 2.55 bits per heavy atom. The van der Waals surface area contributed by atoms with E-state index in [2.05, 4.69) is 10.6 Å². The van der Waals surface area contributed by atoms with Gasteiger partial charge >= 0.3 is 0 Å². The molecule has 0 fully saturated rings. The minimum atomic E-state index is -0.893. The largest absolute Gasteiger partial charge is 0.454 e. The van der Waals surface area contributed by atoms with Gasteiger partial charge in [0.2, 0.25) is 18.1 Å². The number of hydrogen-bond acceptors (Lipinski definition) is 6. The van der Waals surface area contributed by atoms with E-state index in [4.69, 9.17) is 9.47 Å². The van der Waals surface area contributed by atoms with Gasteiger partial charge in [0.15, 0.2) is 11.5 Å². The lowest BCUT2D eigenvalue weighted by Gasteiger charge is -2.25. The predicted molar refractivity (Wildman–Crippen MR) is 106 cm³/mol. The Morgan fingerprint density at radius 2 is 1.93 bits per heavy atom. The van der Waals surface area contributed by atoms with Gasteiger partial charge in [-0.1, -0.05) is 0 Å². The van der Waals surface area contributed by atoms with Gasteiger partial charge in [0, 0.05) is 18.8 Å². The maximum atomic E-state index is 13.0. The van der Waals surface area contributed by atoms with Crippen molar-refractivity contribution in [3.05, 3.63) is 34.1 Å². The number of rotatable bonds is 6. The van der Waals surface area contributed by atoms with Crippen LogP contribution >= 0.6 is 0 Å². The number of pyridine rings is 1. The minimum absolute atomic E-state index is 0.0701. The third-order valence-electron chi connectivity index (χ3n) is 4.76. The van der Waals surface area contributed by atoms with Gasteiger partial charge in [-0.2, -0.15) is 0 Å². The summed E-state index contributed by atoms with van der Waals surface area (Å²) in [4.78, 5) is 38.0. The van der Waals surface area contributed by atoms with E-state index in [9.17, 15) is 19.5 Å². The highest BCUT2D eigenvalue weighted by atomic mass is 16.7. The monoisotopic (exact) mass is 403 g/mol. The second-order valence-electron chi connectivity index (χ2n) is 7.61. The van der Waals surface area contributed by atoms with Gasteiger partial charge in [-0.15, -0.1) is 0 Å². The van der Waals surface area contributed by atoms with Crippen molar-refractivity contribution in [2.24, 2.45) is 0 Å².